The van der Waals surface area contributed by atoms with E-state index in [2.05, 4.69) is 20.0 Å². The molecule has 6 heteroatoms. The molecule has 0 aliphatic carbocycles. The van der Waals surface area contributed by atoms with E-state index in [9.17, 15) is 4.79 Å². The smallest absolute Gasteiger partial charge is 0.305 e. The van der Waals surface area contributed by atoms with Crippen LogP contribution >= 0.6 is 23.1 Å². The highest BCUT2D eigenvalue weighted by atomic mass is 32.2. The Hall–Kier alpha value is -0.750. The van der Waals surface area contributed by atoms with E-state index in [1.165, 1.54) is 25.0 Å². The van der Waals surface area contributed by atoms with Crippen molar-refractivity contribution in [3.8, 4) is 0 Å². The molecule has 2 rings (SSSR count). The standard InChI is InChI=1S/C12H18N2O2S2/c1-16-11(15)4-3-10-9-18-12(13-10)14-5-2-7-17-8-6-14/h9H,2-8H2,1H3. The van der Waals surface area contributed by atoms with Crippen LogP contribution < -0.4 is 4.90 Å². The second kappa shape index (κ2) is 6.99. The maximum absolute atomic E-state index is 11.1. The first kappa shape index (κ1) is 13.7. The van der Waals surface area contributed by atoms with Gasteiger partial charge in [-0.3, -0.25) is 4.79 Å². The molecular weight excluding hydrogens is 268 g/mol. The van der Waals surface area contributed by atoms with E-state index in [0.29, 0.717) is 12.8 Å². The number of methoxy groups -OCH3 is 1. The molecule has 1 fully saturated rings. The number of hydrogen-bond donors (Lipinski definition) is 0. The fourth-order valence-corrected chi connectivity index (χ4v) is 3.63. The third kappa shape index (κ3) is 3.88. The number of ether oxygens (including phenoxy) is 1. The molecule has 0 aromatic carbocycles. The van der Waals surface area contributed by atoms with E-state index < -0.39 is 0 Å². The summed E-state index contributed by atoms with van der Waals surface area (Å²) in [6, 6.07) is 0. The van der Waals surface area contributed by atoms with Gasteiger partial charge in [0.2, 0.25) is 0 Å². The third-order valence-electron chi connectivity index (χ3n) is 2.85. The van der Waals surface area contributed by atoms with Crippen LogP contribution in [0.15, 0.2) is 5.38 Å². The highest BCUT2D eigenvalue weighted by molar-refractivity contribution is 7.99. The number of carbonyl (C=O) groups excluding carboxylic acids is 1. The highest BCUT2D eigenvalue weighted by Crippen LogP contribution is 2.23. The maximum Gasteiger partial charge on any atom is 0.305 e. The number of esters is 1. The van der Waals surface area contributed by atoms with E-state index in [1.807, 2.05) is 11.8 Å². The summed E-state index contributed by atoms with van der Waals surface area (Å²) in [6.45, 7) is 2.17. The molecule has 0 N–H and O–H groups in total. The van der Waals surface area contributed by atoms with Crippen LogP contribution in [0.2, 0.25) is 0 Å². The van der Waals surface area contributed by atoms with Gasteiger partial charge >= 0.3 is 5.97 Å². The molecule has 0 spiro atoms. The molecule has 100 valence electrons. The van der Waals surface area contributed by atoms with Gasteiger partial charge in [0.15, 0.2) is 5.13 Å². The van der Waals surface area contributed by atoms with Gasteiger partial charge < -0.3 is 9.64 Å². The molecule has 0 radical (unpaired) electrons. The maximum atomic E-state index is 11.1. The lowest BCUT2D eigenvalue weighted by molar-refractivity contribution is -0.140. The molecule has 0 unspecified atom stereocenters. The summed E-state index contributed by atoms with van der Waals surface area (Å²) in [7, 11) is 1.42. The van der Waals surface area contributed by atoms with Crippen LogP contribution in [0.3, 0.4) is 0 Å². The average molecular weight is 286 g/mol. The minimum Gasteiger partial charge on any atom is -0.469 e. The van der Waals surface area contributed by atoms with E-state index >= 15 is 0 Å². The van der Waals surface area contributed by atoms with E-state index in [-0.39, 0.29) is 5.97 Å². The van der Waals surface area contributed by atoms with Gasteiger partial charge in [0, 0.05) is 30.6 Å². The summed E-state index contributed by atoms with van der Waals surface area (Å²) in [5.41, 5.74) is 0.998. The van der Waals surface area contributed by atoms with Gasteiger partial charge in [-0.2, -0.15) is 11.8 Å². The van der Waals surface area contributed by atoms with Crippen molar-refractivity contribution < 1.29 is 9.53 Å². The number of thiazole rings is 1. The zero-order chi connectivity index (χ0) is 12.8. The fourth-order valence-electron chi connectivity index (χ4n) is 1.83. The van der Waals surface area contributed by atoms with Gasteiger partial charge in [0.1, 0.15) is 0 Å². The van der Waals surface area contributed by atoms with Gasteiger partial charge in [-0.25, -0.2) is 4.98 Å². The van der Waals surface area contributed by atoms with Crippen molar-refractivity contribution in [2.45, 2.75) is 19.3 Å². The van der Waals surface area contributed by atoms with Crippen molar-refractivity contribution in [2.75, 3.05) is 36.6 Å². The third-order valence-corrected chi connectivity index (χ3v) is 4.84. The van der Waals surface area contributed by atoms with Crippen LogP contribution in [-0.2, 0) is 16.0 Å². The summed E-state index contributed by atoms with van der Waals surface area (Å²) in [5.74, 6) is 2.25. The Morgan fingerprint density at radius 3 is 3.22 bits per heavy atom. The molecule has 1 aliphatic heterocycles. The fraction of sp³-hybridized carbons (Fsp3) is 0.667. The lowest BCUT2D eigenvalue weighted by Crippen LogP contribution is -2.25. The number of rotatable bonds is 4. The molecular formula is C12H18N2O2S2. The quantitative estimate of drug-likeness (QED) is 0.794. The summed E-state index contributed by atoms with van der Waals surface area (Å²) in [5, 5.41) is 3.15. The molecule has 0 bridgehead atoms. The van der Waals surface area contributed by atoms with Gasteiger partial charge in [-0.05, 0) is 12.2 Å². The Bertz CT molecular complexity index is 387. The number of carbonyl (C=O) groups is 1. The molecule has 4 nitrogen and oxygen atoms in total. The van der Waals surface area contributed by atoms with Crippen LogP contribution in [0, 0.1) is 0 Å². The number of hydrogen-bond acceptors (Lipinski definition) is 6. The molecule has 2 heterocycles. The zero-order valence-electron chi connectivity index (χ0n) is 10.6. The number of anilines is 1. The Labute approximate surface area is 116 Å². The van der Waals surface area contributed by atoms with Crippen LogP contribution in [0.5, 0.6) is 0 Å². The molecule has 0 atom stereocenters. The highest BCUT2D eigenvalue weighted by Gasteiger charge is 2.14. The van der Waals surface area contributed by atoms with Crippen LogP contribution in [0.25, 0.3) is 0 Å². The molecule has 1 aromatic rings. The number of nitrogens with zero attached hydrogens (tertiary/aromatic N) is 2. The van der Waals surface area contributed by atoms with Crippen molar-refractivity contribution in [1.29, 1.82) is 0 Å². The summed E-state index contributed by atoms with van der Waals surface area (Å²) < 4.78 is 4.64. The number of aryl methyl sites for hydroxylation is 1. The Morgan fingerprint density at radius 1 is 1.50 bits per heavy atom. The lowest BCUT2D eigenvalue weighted by Gasteiger charge is -2.18. The van der Waals surface area contributed by atoms with Gasteiger partial charge in [0.25, 0.3) is 0 Å². The van der Waals surface area contributed by atoms with Gasteiger partial charge in [0.05, 0.1) is 19.2 Å². The lowest BCUT2D eigenvalue weighted by atomic mass is 10.2. The van der Waals surface area contributed by atoms with Crippen LogP contribution in [0.1, 0.15) is 18.5 Å². The molecule has 1 aliphatic rings. The minimum atomic E-state index is -0.171. The largest absolute Gasteiger partial charge is 0.469 e. The van der Waals surface area contributed by atoms with E-state index in [1.54, 1.807) is 11.3 Å². The van der Waals surface area contributed by atoms with Crippen molar-refractivity contribution in [3.63, 3.8) is 0 Å². The second-order valence-corrected chi connectivity index (χ2v) is 6.21. The topological polar surface area (TPSA) is 42.4 Å². The molecule has 1 aromatic heterocycles. The van der Waals surface area contributed by atoms with Crippen molar-refractivity contribution >= 4 is 34.2 Å². The first-order valence-electron chi connectivity index (χ1n) is 6.13. The van der Waals surface area contributed by atoms with Crippen molar-refractivity contribution in [2.24, 2.45) is 0 Å². The minimum absolute atomic E-state index is 0.171. The zero-order valence-corrected chi connectivity index (χ0v) is 12.2. The van der Waals surface area contributed by atoms with Crippen LogP contribution in [-0.4, -0.2) is 42.7 Å². The SMILES string of the molecule is COC(=O)CCc1csc(N2CCCSCC2)n1. The average Bonchev–Trinajstić information content (AvgIpc) is 2.69. The summed E-state index contributed by atoms with van der Waals surface area (Å²) in [6.07, 6.45) is 2.31. The first-order chi connectivity index (χ1) is 8.79. The van der Waals surface area contributed by atoms with Crippen LogP contribution in [0.4, 0.5) is 5.13 Å². The molecule has 0 amide bonds. The second-order valence-electron chi connectivity index (χ2n) is 4.15. The molecule has 1 saturated heterocycles. The van der Waals surface area contributed by atoms with E-state index in [0.717, 1.165) is 23.9 Å². The van der Waals surface area contributed by atoms with E-state index in [4.69, 9.17) is 0 Å². The summed E-state index contributed by atoms with van der Waals surface area (Å²) >= 11 is 3.69. The van der Waals surface area contributed by atoms with Gasteiger partial charge in [-0.1, -0.05) is 0 Å². The van der Waals surface area contributed by atoms with Crippen molar-refractivity contribution in [3.05, 3.63) is 11.1 Å². The monoisotopic (exact) mass is 286 g/mol. The molecule has 0 saturated carbocycles. The van der Waals surface area contributed by atoms with Crippen molar-refractivity contribution in [1.82, 2.24) is 4.98 Å². The Kier molecular flexibility index (Phi) is 5.31. The Morgan fingerprint density at radius 2 is 2.39 bits per heavy atom. The number of thioether (sulfide) groups is 1. The summed E-state index contributed by atoms with van der Waals surface area (Å²) in [4.78, 5) is 18.0. The predicted molar refractivity (Wildman–Crippen MR) is 76.6 cm³/mol. The van der Waals surface area contributed by atoms with Gasteiger partial charge in [-0.15, -0.1) is 11.3 Å². The normalized spacial score (nSPS) is 16.4. The Balaban J connectivity index is 1.90. The predicted octanol–water partition coefficient (Wildman–Crippen LogP) is 2.19. The molecule has 18 heavy (non-hydrogen) atoms. The first-order valence-corrected chi connectivity index (χ1v) is 8.17. The number of aromatic nitrogens is 1.